The zero-order valence-electron chi connectivity index (χ0n) is 12.8. The number of carbonyl (C=O) groups excluding carboxylic acids is 1. The van der Waals surface area contributed by atoms with Crippen LogP contribution < -0.4 is 4.74 Å². The number of rotatable bonds is 5. The minimum Gasteiger partial charge on any atom is -0.495 e. The van der Waals surface area contributed by atoms with Gasteiger partial charge >= 0.3 is 0 Å². The fourth-order valence-electron chi connectivity index (χ4n) is 2.70. The summed E-state index contributed by atoms with van der Waals surface area (Å²) in [5.41, 5.74) is 0.106. The van der Waals surface area contributed by atoms with Crippen LogP contribution in [-0.4, -0.2) is 49.6 Å². The van der Waals surface area contributed by atoms with Crippen molar-refractivity contribution in [3.05, 3.63) is 28.8 Å². The Morgan fingerprint density at radius 1 is 1.43 bits per heavy atom. The van der Waals surface area contributed by atoms with Crippen LogP contribution >= 0.6 is 11.6 Å². The van der Waals surface area contributed by atoms with Crippen molar-refractivity contribution in [1.29, 1.82) is 0 Å². The van der Waals surface area contributed by atoms with E-state index in [1.54, 1.807) is 25.3 Å². The second-order valence-electron chi connectivity index (χ2n) is 5.41. The average molecular weight is 312 g/mol. The molecule has 4 nitrogen and oxygen atoms in total. The Labute approximate surface area is 131 Å². The molecule has 21 heavy (non-hydrogen) atoms. The molecular formula is C16H22ClNO3. The Hall–Kier alpha value is -1.10. The molecule has 1 aliphatic heterocycles. The number of nitrogens with zero attached hydrogens (tertiary/aromatic N) is 1. The van der Waals surface area contributed by atoms with E-state index in [9.17, 15) is 4.79 Å². The number of methoxy groups -OCH3 is 1. The number of benzene rings is 1. The van der Waals surface area contributed by atoms with Crippen molar-refractivity contribution in [3.8, 4) is 5.75 Å². The SMILES string of the molecule is CCC(C)(C(=O)c1ccc(Cl)c(OC)c1)N1CCOCC1. The summed E-state index contributed by atoms with van der Waals surface area (Å²) in [4.78, 5) is 15.2. The van der Waals surface area contributed by atoms with E-state index >= 15 is 0 Å². The minimum atomic E-state index is -0.525. The molecule has 1 fully saturated rings. The van der Waals surface area contributed by atoms with Crippen LogP contribution in [0.1, 0.15) is 30.6 Å². The molecule has 1 aromatic rings. The molecule has 1 aromatic carbocycles. The molecule has 5 heteroatoms. The van der Waals surface area contributed by atoms with Crippen molar-refractivity contribution in [3.63, 3.8) is 0 Å². The molecule has 1 unspecified atom stereocenters. The number of hydrogen-bond donors (Lipinski definition) is 0. The van der Waals surface area contributed by atoms with Crippen LogP contribution in [0.5, 0.6) is 5.75 Å². The highest BCUT2D eigenvalue weighted by Gasteiger charge is 2.39. The first-order chi connectivity index (χ1) is 10.0. The van der Waals surface area contributed by atoms with Gasteiger partial charge in [0.05, 0.1) is 30.9 Å². The lowest BCUT2D eigenvalue weighted by Gasteiger charge is -2.41. The number of morpholine rings is 1. The normalized spacial score (nSPS) is 19.0. The van der Waals surface area contributed by atoms with E-state index in [0.29, 0.717) is 29.5 Å². The van der Waals surface area contributed by atoms with Crippen LogP contribution in [0, 0.1) is 0 Å². The third-order valence-electron chi connectivity index (χ3n) is 4.30. The van der Waals surface area contributed by atoms with Gasteiger partial charge in [-0.15, -0.1) is 0 Å². The summed E-state index contributed by atoms with van der Waals surface area (Å²) in [6, 6.07) is 5.20. The van der Waals surface area contributed by atoms with E-state index < -0.39 is 5.54 Å². The molecule has 0 radical (unpaired) electrons. The maximum atomic E-state index is 13.0. The lowest BCUT2D eigenvalue weighted by Crippen LogP contribution is -2.56. The van der Waals surface area contributed by atoms with E-state index in [2.05, 4.69) is 4.90 Å². The number of Topliss-reactive ketones (excluding diaryl/α,β-unsaturated/α-hetero) is 1. The molecular weight excluding hydrogens is 290 g/mol. The van der Waals surface area contributed by atoms with Crippen molar-refractivity contribution in [1.82, 2.24) is 4.90 Å². The largest absolute Gasteiger partial charge is 0.495 e. The first kappa shape index (κ1) is 16.3. The van der Waals surface area contributed by atoms with Gasteiger partial charge in [0, 0.05) is 18.7 Å². The minimum absolute atomic E-state index is 0.0990. The van der Waals surface area contributed by atoms with Crippen molar-refractivity contribution >= 4 is 17.4 Å². The summed E-state index contributed by atoms with van der Waals surface area (Å²) in [7, 11) is 1.55. The van der Waals surface area contributed by atoms with Crippen LogP contribution in [0.3, 0.4) is 0 Å². The highest BCUT2D eigenvalue weighted by Crippen LogP contribution is 2.30. The summed E-state index contributed by atoms with van der Waals surface area (Å²) in [5, 5.41) is 0.513. The number of hydrogen-bond acceptors (Lipinski definition) is 4. The number of ether oxygens (including phenoxy) is 2. The van der Waals surface area contributed by atoms with E-state index in [-0.39, 0.29) is 5.78 Å². The Balaban J connectivity index is 2.30. The predicted octanol–water partition coefficient (Wildman–Crippen LogP) is 3.03. The highest BCUT2D eigenvalue weighted by atomic mass is 35.5. The Bertz CT molecular complexity index is 514. The van der Waals surface area contributed by atoms with Gasteiger partial charge in [-0.05, 0) is 31.5 Å². The molecule has 0 saturated carbocycles. The lowest BCUT2D eigenvalue weighted by molar-refractivity contribution is -0.0106. The second kappa shape index (κ2) is 6.77. The number of ketones is 1. The van der Waals surface area contributed by atoms with E-state index in [0.717, 1.165) is 19.5 Å². The summed E-state index contributed by atoms with van der Waals surface area (Å²) in [5.74, 6) is 0.629. The van der Waals surface area contributed by atoms with Gasteiger partial charge in [0.2, 0.25) is 0 Å². The van der Waals surface area contributed by atoms with Crippen molar-refractivity contribution in [2.75, 3.05) is 33.4 Å². The molecule has 2 rings (SSSR count). The zero-order valence-corrected chi connectivity index (χ0v) is 13.6. The van der Waals surface area contributed by atoms with Gasteiger partial charge < -0.3 is 9.47 Å². The van der Waals surface area contributed by atoms with Crippen molar-refractivity contribution < 1.29 is 14.3 Å². The first-order valence-corrected chi connectivity index (χ1v) is 7.62. The van der Waals surface area contributed by atoms with Gasteiger partial charge in [-0.1, -0.05) is 18.5 Å². The maximum Gasteiger partial charge on any atom is 0.182 e. The van der Waals surface area contributed by atoms with Crippen molar-refractivity contribution in [2.45, 2.75) is 25.8 Å². The van der Waals surface area contributed by atoms with Gasteiger partial charge in [-0.3, -0.25) is 9.69 Å². The Morgan fingerprint density at radius 2 is 2.10 bits per heavy atom. The third-order valence-corrected chi connectivity index (χ3v) is 4.61. The van der Waals surface area contributed by atoms with Crippen molar-refractivity contribution in [2.24, 2.45) is 0 Å². The van der Waals surface area contributed by atoms with Crippen LogP contribution in [-0.2, 0) is 4.74 Å². The van der Waals surface area contributed by atoms with Gasteiger partial charge in [0.25, 0.3) is 0 Å². The van der Waals surface area contributed by atoms with Crippen LogP contribution in [0.2, 0.25) is 5.02 Å². The second-order valence-corrected chi connectivity index (χ2v) is 5.81. The highest BCUT2D eigenvalue weighted by molar-refractivity contribution is 6.32. The molecule has 116 valence electrons. The van der Waals surface area contributed by atoms with E-state index in [4.69, 9.17) is 21.1 Å². The van der Waals surface area contributed by atoms with E-state index in [1.807, 2.05) is 13.8 Å². The lowest BCUT2D eigenvalue weighted by atomic mass is 9.86. The van der Waals surface area contributed by atoms with Gasteiger partial charge in [-0.2, -0.15) is 0 Å². The third kappa shape index (κ3) is 3.23. The predicted molar refractivity (Wildman–Crippen MR) is 83.4 cm³/mol. The summed E-state index contributed by atoms with van der Waals surface area (Å²) in [6.45, 7) is 6.95. The van der Waals surface area contributed by atoms with E-state index in [1.165, 1.54) is 0 Å². The molecule has 0 aromatic heterocycles. The average Bonchev–Trinajstić information content (AvgIpc) is 2.54. The van der Waals surface area contributed by atoms with Gasteiger partial charge in [-0.25, -0.2) is 0 Å². The zero-order chi connectivity index (χ0) is 15.5. The summed E-state index contributed by atoms with van der Waals surface area (Å²) < 4.78 is 10.6. The summed E-state index contributed by atoms with van der Waals surface area (Å²) >= 11 is 6.03. The Kier molecular flexibility index (Phi) is 5.25. The molecule has 1 atom stereocenters. The number of carbonyl (C=O) groups is 1. The fourth-order valence-corrected chi connectivity index (χ4v) is 2.89. The molecule has 0 bridgehead atoms. The first-order valence-electron chi connectivity index (χ1n) is 7.24. The molecule has 0 amide bonds. The molecule has 0 N–H and O–H groups in total. The number of halogens is 1. The van der Waals surface area contributed by atoms with Gasteiger partial charge in [0.15, 0.2) is 5.78 Å². The van der Waals surface area contributed by atoms with Crippen LogP contribution in [0.4, 0.5) is 0 Å². The Morgan fingerprint density at radius 3 is 2.67 bits per heavy atom. The molecule has 0 aliphatic carbocycles. The topological polar surface area (TPSA) is 38.8 Å². The quantitative estimate of drug-likeness (QED) is 0.784. The maximum absolute atomic E-state index is 13.0. The molecule has 0 spiro atoms. The monoisotopic (exact) mass is 311 g/mol. The summed E-state index contributed by atoms with van der Waals surface area (Å²) in [6.07, 6.45) is 0.747. The molecule has 1 heterocycles. The fraction of sp³-hybridized carbons (Fsp3) is 0.562. The smallest absolute Gasteiger partial charge is 0.182 e. The van der Waals surface area contributed by atoms with Crippen LogP contribution in [0.15, 0.2) is 18.2 Å². The molecule has 1 saturated heterocycles. The van der Waals surface area contributed by atoms with Gasteiger partial charge in [0.1, 0.15) is 5.75 Å². The van der Waals surface area contributed by atoms with Crippen LogP contribution in [0.25, 0.3) is 0 Å². The molecule has 1 aliphatic rings. The standard InChI is InChI=1S/C16H22ClNO3/c1-4-16(2,18-7-9-21-10-8-18)15(19)12-5-6-13(17)14(11-12)20-3/h5-6,11H,4,7-10H2,1-3H3.